The third-order valence-corrected chi connectivity index (χ3v) is 7.20. The number of nitrogens with zero attached hydrogens (tertiary/aromatic N) is 3. The summed E-state index contributed by atoms with van der Waals surface area (Å²) in [6.45, 7) is 9.35. The second-order valence-electron chi connectivity index (χ2n) is 9.36. The zero-order valence-corrected chi connectivity index (χ0v) is 22.1. The predicted octanol–water partition coefficient (Wildman–Crippen LogP) is 6.73. The van der Waals surface area contributed by atoms with Gasteiger partial charge in [-0.05, 0) is 74.7 Å². The number of benzene rings is 2. The van der Waals surface area contributed by atoms with Crippen LogP contribution in [-0.4, -0.2) is 26.3 Å². The summed E-state index contributed by atoms with van der Waals surface area (Å²) in [6.07, 6.45) is 5.44. The molecular formula is C29H29ClF2N4O2. The lowest BCUT2D eigenvalue weighted by Crippen LogP contribution is -2.44. The van der Waals surface area contributed by atoms with Gasteiger partial charge in [0.05, 0.1) is 12.2 Å². The summed E-state index contributed by atoms with van der Waals surface area (Å²) in [5, 5.41) is 16.3. The van der Waals surface area contributed by atoms with Crippen LogP contribution in [0.3, 0.4) is 0 Å². The summed E-state index contributed by atoms with van der Waals surface area (Å²) in [5.74, 6) is -2.11. The molecule has 198 valence electrons. The van der Waals surface area contributed by atoms with Gasteiger partial charge in [0.15, 0.2) is 23.0 Å². The van der Waals surface area contributed by atoms with E-state index in [1.807, 2.05) is 19.1 Å². The molecule has 38 heavy (non-hydrogen) atoms. The maximum absolute atomic E-state index is 15.6. The molecule has 2 aromatic heterocycles. The van der Waals surface area contributed by atoms with Gasteiger partial charge in [-0.15, -0.1) is 5.10 Å². The number of nitrogen functional groups attached to an aromatic ring is 1. The molecule has 2 aromatic carbocycles. The molecule has 0 saturated carbocycles. The Kier molecular flexibility index (Phi) is 7.58. The fraction of sp³-hybridized carbons (Fsp3) is 0.241. The number of allylic oxidation sites excluding steroid dienone is 1. The molecule has 9 heteroatoms. The van der Waals surface area contributed by atoms with Crippen LogP contribution in [0.2, 0.25) is 5.02 Å². The van der Waals surface area contributed by atoms with Gasteiger partial charge in [0.2, 0.25) is 5.95 Å². The van der Waals surface area contributed by atoms with Crippen molar-refractivity contribution in [2.24, 2.45) is 5.41 Å². The highest BCUT2D eigenvalue weighted by Gasteiger charge is 2.47. The Bertz CT molecular complexity index is 1520. The number of hydrogen-bond acceptors (Lipinski definition) is 5. The molecule has 0 radical (unpaired) electrons. The van der Waals surface area contributed by atoms with Gasteiger partial charge < -0.3 is 15.6 Å². The van der Waals surface area contributed by atoms with Crippen LogP contribution < -0.4 is 10.5 Å². The van der Waals surface area contributed by atoms with Crippen molar-refractivity contribution in [3.8, 4) is 16.9 Å². The van der Waals surface area contributed by atoms with Crippen molar-refractivity contribution in [1.29, 1.82) is 0 Å². The lowest BCUT2D eigenvalue weighted by Gasteiger charge is -2.45. The Morgan fingerprint density at radius 2 is 1.92 bits per heavy atom. The first-order valence-electron chi connectivity index (χ1n) is 12.0. The first-order chi connectivity index (χ1) is 18.0. The fourth-order valence-corrected chi connectivity index (χ4v) is 4.97. The van der Waals surface area contributed by atoms with Crippen molar-refractivity contribution in [2.75, 3.05) is 12.3 Å². The number of halogens is 3. The maximum Gasteiger partial charge on any atom is 0.240 e. The number of anilines is 1. The number of aliphatic hydroxyl groups is 1. The van der Waals surface area contributed by atoms with E-state index in [2.05, 4.69) is 16.7 Å². The predicted molar refractivity (Wildman–Crippen MR) is 146 cm³/mol. The highest BCUT2D eigenvalue weighted by atomic mass is 35.5. The summed E-state index contributed by atoms with van der Waals surface area (Å²) >= 11 is 6.05. The van der Waals surface area contributed by atoms with Crippen molar-refractivity contribution in [1.82, 2.24) is 14.6 Å². The molecule has 2 atom stereocenters. The Hall–Kier alpha value is -3.75. The second kappa shape index (κ2) is 10.6. The third-order valence-electron chi connectivity index (χ3n) is 6.94. The van der Waals surface area contributed by atoms with Gasteiger partial charge in [0.25, 0.3) is 0 Å². The number of ether oxygens (including phenoxy) is 1. The summed E-state index contributed by atoms with van der Waals surface area (Å²) in [6, 6.07) is 12.6. The minimum Gasteiger partial charge on any atom is -0.488 e. The van der Waals surface area contributed by atoms with Gasteiger partial charge in [-0.2, -0.15) is 4.98 Å². The van der Waals surface area contributed by atoms with Crippen molar-refractivity contribution in [3.63, 3.8) is 0 Å². The third kappa shape index (κ3) is 4.89. The fourth-order valence-electron chi connectivity index (χ4n) is 4.84. The average molecular weight is 539 g/mol. The van der Waals surface area contributed by atoms with E-state index in [0.29, 0.717) is 27.4 Å². The molecule has 0 aliphatic rings. The van der Waals surface area contributed by atoms with Gasteiger partial charge >= 0.3 is 0 Å². The Morgan fingerprint density at radius 3 is 2.58 bits per heavy atom. The standard InChI is InChI=1S/C29H29ClF2N4O2/c1-5-13-29(18(2)3,28(4,37)20-6-8-21(30)9-7-20)14-16-38-26-23(31)11-10-22(25(26)32)19-12-15-36-24(17-19)34-27(33)35-36/h5-13,15,17,37H,2,14,16H2,1,3-4H3,(H2,33,35)/b13-5+. The zero-order valence-electron chi connectivity index (χ0n) is 21.4. The molecule has 2 unspecified atom stereocenters. The lowest BCUT2D eigenvalue weighted by molar-refractivity contribution is -0.0397. The van der Waals surface area contributed by atoms with Crippen LogP contribution in [0.5, 0.6) is 5.75 Å². The minimum atomic E-state index is -1.42. The molecule has 0 saturated heterocycles. The van der Waals surface area contributed by atoms with E-state index >= 15 is 4.39 Å². The SMILES string of the molecule is C=C(C)C(/C=C/C)(CCOc1c(F)ccc(-c2ccn3nc(N)nc3c2)c1F)C(C)(O)c1ccc(Cl)cc1. The number of rotatable bonds is 9. The van der Waals surface area contributed by atoms with Crippen LogP contribution >= 0.6 is 11.6 Å². The average Bonchev–Trinajstić information content (AvgIpc) is 3.24. The molecule has 4 rings (SSSR count). The van der Waals surface area contributed by atoms with E-state index in [4.69, 9.17) is 22.1 Å². The normalized spacial score (nSPS) is 14.9. The van der Waals surface area contributed by atoms with E-state index in [9.17, 15) is 9.50 Å². The molecule has 6 nitrogen and oxygen atoms in total. The van der Waals surface area contributed by atoms with Crippen LogP contribution in [0.15, 0.2) is 79.0 Å². The second-order valence-corrected chi connectivity index (χ2v) is 9.79. The monoisotopic (exact) mass is 538 g/mol. The van der Waals surface area contributed by atoms with Gasteiger partial charge in [-0.3, -0.25) is 0 Å². The highest BCUT2D eigenvalue weighted by Crippen LogP contribution is 2.49. The van der Waals surface area contributed by atoms with Crippen LogP contribution in [0.4, 0.5) is 14.7 Å². The first kappa shape index (κ1) is 27.3. The quantitative estimate of drug-likeness (QED) is 0.231. The zero-order chi connectivity index (χ0) is 27.7. The molecule has 0 bridgehead atoms. The van der Waals surface area contributed by atoms with Gasteiger partial charge in [-0.25, -0.2) is 13.3 Å². The molecule has 0 aliphatic heterocycles. The summed E-state index contributed by atoms with van der Waals surface area (Å²) in [4.78, 5) is 4.09. The summed E-state index contributed by atoms with van der Waals surface area (Å²) in [5.41, 5.74) is 5.52. The molecule has 2 heterocycles. The molecular weight excluding hydrogens is 510 g/mol. The first-order valence-corrected chi connectivity index (χ1v) is 12.4. The largest absolute Gasteiger partial charge is 0.488 e. The van der Waals surface area contributed by atoms with E-state index in [1.165, 1.54) is 10.6 Å². The molecule has 0 spiro atoms. The lowest BCUT2D eigenvalue weighted by atomic mass is 9.63. The van der Waals surface area contributed by atoms with Crippen LogP contribution in [0.25, 0.3) is 16.8 Å². The highest BCUT2D eigenvalue weighted by molar-refractivity contribution is 6.30. The van der Waals surface area contributed by atoms with Gasteiger partial charge in [0.1, 0.15) is 0 Å². The maximum atomic E-state index is 15.6. The van der Waals surface area contributed by atoms with Crippen molar-refractivity contribution in [3.05, 3.63) is 101 Å². The number of aromatic nitrogens is 3. The minimum absolute atomic E-state index is 0.0855. The molecule has 4 aromatic rings. The Morgan fingerprint density at radius 1 is 1.21 bits per heavy atom. The van der Waals surface area contributed by atoms with E-state index in [1.54, 1.807) is 56.4 Å². The molecule has 0 fully saturated rings. The number of pyridine rings is 1. The van der Waals surface area contributed by atoms with Crippen molar-refractivity contribution in [2.45, 2.75) is 32.8 Å². The molecule has 0 aliphatic carbocycles. The van der Waals surface area contributed by atoms with E-state index in [0.717, 1.165) is 6.07 Å². The van der Waals surface area contributed by atoms with Crippen LogP contribution in [-0.2, 0) is 5.60 Å². The smallest absolute Gasteiger partial charge is 0.240 e. The van der Waals surface area contributed by atoms with Crippen molar-refractivity contribution >= 4 is 23.2 Å². The molecule has 0 amide bonds. The van der Waals surface area contributed by atoms with Gasteiger partial charge in [0, 0.05) is 22.2 Å². The Balaban J connectivity index is 1.65. The van der Waals surface area contributed by atoms with Crippen LogP contribution in [0.1, 0.15) is 32.8 Å². The summed E-state index contributed by atoms with van der Waals surface area (Å²) in [7, 11) is 0. The number of nitrogens with two attached hydrogens (primary N) is 1. The topological polar surface area (TPSA) is 85.7 Å². The molecule has 3 N–H and O–H groups in total. The van der Waals surface area contributed by atoms with E-state index in [-0.39, 0.29) is 24.5 Å². The van der Waals surface area contributed by atoms with E-state index < -0.39 is 28.4 Å². The van der Waals surface area contributed by atoms with Crippen LogP contribution in [0, 0.1) is 17.0 Å². The summed E-state index contributed by atoms with van der Waals surface area (Å²) < 4.78 is 37.5. The van der Waals surface area contributed by atoms with Gasteiger partial charge in [-0.1, -0.05) is 48.0 Å². The number of fused-ring (bicyclic) bond motifs is 1. The Labute approximate surface area is 225 Å². The number of hydrogen-bond donors (Lipinski definition) is 2. The van der Waals surface area contributed by atoms with Crippen molar-refractivity contribution < 1.29 is 18.6 Å².